The van der Waals surface area contributed by atoms with E-state index in [9.17, 15) is 0 Å². The monoisotopic (exact) mass is 221 g/mol. The maximum Gasteiger partial charge on any atom is 0.0552 e. The zero-order valence-corrected chi connectivity index (χ0v) is 11.0. The highest BCUT2D eigenvalue weighted by Crippen LogP contribution is 2.30. The Morgan fingerprint density at radius 3 is 2.40 bits per heavy atom. The van der Waals surface area contributed by atoms with Crippen LogP contribution < -0.4 is 0 Å². The van der Waals surface area contributed by atoms with Crippen molar-refractivity contribution < 1.29 is 0 Å². The van der Waals surface area contributed by atoms with Gasteiger partial charge in [0.25, 0.3) is 0 Å². The second-order valence-corrected chi connectivity index (χ2v) is 5.13. The van der Waals surface area contributed by atoms with Gasteiger partial charge in [-0.25, -0.2) is 0 Å². The van der Waals surface area contributed by atoms with Crippen LogP contribution in [0.3, 0.4) is 0 Å². The molecule has 0 amide bonds. The molecule has 1 nitrogen and oxygen atoms in total. The smallest absolute Gasteiger partial charge is 0.0552 e. The molecule has 0 spiro atoms. The first-order valence-electron chi connectivity index (χ1n) is 5.43. The Morgan fingerprint density at radius 1 is 1.13 bits per heavy atom. The number of aromatic nitrogens is 1. The lowest BCUT2D eigenvalue weighted by molar-refractivity contribution is 0.596. The van der Waals surface area contributed by atoms with Crippen LogP contribution >= 0.6 is 11.5 Å². The van der Waals surface area contributed by atoms with E-state index in [1.54, 1.807) is 11.5 Å². The summed E-state index contributed by atoms with van der Waals surface area (Å²) in [4.78, 5) is 0. The van der Waals surface area contributed by atoms with Gasteiger partial charge in [-0.15, -0.1) is 0 Å². The zero-order valence-electron chi connectivity index (χ0n) is 10.2. The average Bonchev–Trinajstić information content (AvgIpc) is 2.66. The summed E-state index contributed by atoms with van der Waals surface area (Å²) >= 11 is 1.57. The van der Waals surface area contributed by atoms with Crippen LogP contribution in [0.5, 0.6) is 0 Å². The molecule has 0 unspecified atom stereocenters. The molecule has 0 bridgehead atoms. The van der Waals surface area contributed by atoms with E-state index in [0.717, 1.165) is 0 Å². The molecule has 0 aliphatic heterocycles. The number of nitrogens with zero attached hydrogens (tertiary/aromatic N) is 1. The molecule has 82 valence electrons. The lowest BCUT2D eigenvalue weighted by Crippen LogP contribution is -2.10. The summed E-state index contributed by atoms with van der Waals surface area (Å²) < 4.78 is 5.50. The Kier molecular flexibility index (Phi) is 3.86. The van der Waals surface area contributed by atoms with Gasteiger partial charge in [0.1, 0.15) is 0 Å². The van der Waals surface area contributed by atoms with Gasteiger partial charge in [0.15, 0.2) is 0 Å². The number of hydrogen-bond acceptors (Lipinski definition) is 2. The maximum atomic E-state index is 4.22. The fraction of sp³-hybridized carbons (Fsp3) is 0.462. The van der Waals surface area contributed by atoms with E-state index in [4.69, 9.17) is 0 Å². The topological polar surface area (TPSA) is 12.9 Å². The minimum atomic E-state index is 0.211. The molecule has 1 aromatic heterocycles. The highest BCUT2D eigenvalue weighted by atomic mass is 32.1. The van der Waals surface area contributed by atoms with Crippen molar-refractivity contribution >= 4 is 21.6 Å². The lowest BCUT2D eigenvalue weighted by Gasteiger charge is -2.19. The van der Waals surface area contributed by atoms with E-state index in [0.29, 0.717) is 0 Å². The van der Waals surface area contributed by atoms with Gasteiger partial charge in [-0.1, -0.05) is 46.8 Å². The van der Waals surface area contributed by atoms with E-state index >= 15 is 0 Å². The maximum absolute atomic E-state index is 4.22. The molecule has 15 heavy (non-hydrogen) atoms. The minimum absolute atomic E-state index is 0.211. The Labute approximate surface area is 96.3 Å². The summed E-state index contributed by atoms with van der Waals surface area (Å²) in [5.74, 6) is 0. The molecular formula is C13H19NS. The number of rotatable bonds is 0. The molecule has 0 saturated carbocycles. The van der Waals surface area contributed by atoms with Crippen LogP contribution in [-0.4, -0.2) is 4.37 Å². The fourth-order valence-electron chi connectivity index (χ4n) is 1.55. The third-order valence-electron chi connectivity index (χ3n) is 2.21. The Hall–Kier alpha value is -0.890. The molecule has 1 aromatic carbocycles. The van der Waals surface area contributed by atoms with Gasteiger partial charge in [0.2, 0.25) is 0 Å². The molecule has 0 aliphatic carbocycles. The largest absolute Gasteiger partial charge is 0.200 e. The van der Waals surface area contributed by atoms with E-state index < -0.39 is 0 Å². The van der Waals surface area contributed by atoms with E-state index in [1.807, 2.05) is 20.0 Å². The molecule has 0 radical (unpaired) electrons. The molecule has 2 aromatic rings. The van der Waals surface area contributed by atoms with E-state index in [2.05, 4.69) is 43.3 Å². The predicted octanol–water partition coefficient (Wildman–Crippen LogP) is 4.62. The summed E-state index contributed by atoms with van der Waals surface area (Å²) in [6.45, 7) is 10.7. The van der Waals surface area contributed by atoms with Crippen molar-refractivity contribution in [2.75, 3.05) is 0 Å². The Morgan fingerprint density at radius 2 is 1.80 bits per heavy atom. The fourth-order valence-corrected chi connectivity index (χ4v) is 2.22. The number of fused-ring (bicyclic) bond motifs is 1. The Balaban J connectivity index is 0.000000531. The Bertz CT molecular complexity index is 423. The van der Waals surface area contributed by atoms with Crippen LogP contribution in [-0.2, 0) is 5.41 Å². The van der Waals surface area contributed by atoms with Crippen LogP contribution in [0.15, 0.2) is 24.4 Å². The third-order valence-corrected chi connectivity index (χ3v) is 2.97. The standard InChI is InChI=1S/C11H13NS.C2H6/c1-11(2,3)9-5-4-6-10-8(9)7-12-13-10;1-2/h4-7H,1-3H3;1-2H3. The molecule has 2 heteroatoms. The summed E-state index contributed by atoms with van der Waals surface area (Å²) in [6.07, 6.45) is 1.97. The van der Waals surface area contributed by atoms with Gasteiger partial charge >= 0.3 is 0 Å². The van der Waals surface area contributed by atoms with Crippen molar-refractivity contribution in [3.8, 4) is 0 Å². The van der Waals surface area contributed by atoms with Gasteiger partial charge in [0.05, 0.1) is 4.70 Å². The second kappa shape index (κ2) is 4.75. The summed E-state index contributed by atoms with van der Waals surface area (Å²) in [7, 11) is 0. The van der Waals surface area contributed by atoms with Gasteiger partial charge in [-0.2, -0.15) is 4.37 Å². The van der Waals surface area contributed by atoms with Crippen LogP contribution in [0, 0.1) is 0 Å². The van der Waals surface area contributed by atoms with Crippen LogP contribution in [0.25, 0.3) is 10.1 Å². The second-order valence-electron chi connectivity index (χ2n) is 4.29. The first-order chi connectivity index (χ1) is 7.09. The van der Waals surface area contributed by atoms with Gasteiger partial charge < -0.3 is 0 Å². The predicted molar refractivity (Wildman–Crippen MR) is 69.7 cm³/mol. The van der Waals surface area contributed by atoms with Crippen molar-refractivity contribution in [2.45, 2.75) is 40.0 Å². The van der Waals surface area contributed by atoms with Crippen molar-refractivity contribution in [1.29, 1.82) is 0 Å². The molecule has 0 N–H and O–H groups in total. The van der Waals surface area contributed by atoms with Crippen molar-refractivity contribution in [3.05, 3.63) is 30.0 Å². The van der Waals surface area contributed by atoms with E-state index in [-0.39, 0.29) is 5.41 Å². The van der Waals surface area contributed by atoms with Crippen LogP contribution in [0.2, 0.25) is 0 Å². The van der Waals surface area contributed by atoms with Gasteiger partial charge in [0, 0.05) is 11.6 Å². The molecule has 2 rings (SSSR count). The number of hydrogen-bond donors (Lipinski definition) is 0. The highest BCUT2D eigenvalue weighted by Gasteiger charge is 2.16. The van der Waals surface area contributed by atoms with E-state index in [1.165, 1.54) is 15.6 Å². The summed E-state index contributed by atoms with van der Waals surface area (Å²) in [5.41, 5.74) is 1.60. The molecular weight excluding hydrogens is 202 g/mol. The molecule has 0 aliphatic rings. The lowest BCUT2D eigenvalue weighted by atomic mass is 9.85. The summed E-state index contributed by atoms with van der Waals surface area (Å²) in [5, 5.41) is 1.31. The van der Waals surface area contributed by atoms with Crippen LogP contribution in [0.1, 0.15) is 40.2 Å². The molecule has 0 saturated heterocycles. The van der Waals surface area contributed by atoms with Crippen molar-refractivity contribution in [3.63, 3.8) is 0 Å². The highest BCUT2D eigenvalue weighted by molar-refractivity contribution is 7.13. The SMILES string of the molecule is CC.CC(C)(C)c1cccc2sncc12. The molecule has 0 fully saturated rings. The quantitative estimate of drug-likeness (QED) is 0.632. The van der Waals surface area contributed by atoms with Crippen LogP contribution in [0.4, 0.5) is 0 Å². The summed E-state index contributed by atoms with van der Waals surface area (Å²) in [6, 6.07) is 6.43. The number of benzene rings is 1. The van der Waals surface area contributed by atoms with Crippen molar-refractivity contribution in [2.24, 2.45) is 0 Å². The van der Waals surface area contributed by atoms with Gasteiger partial charge in [-0.05, 0) is 28.6 Å². The normalized spacial score (nSPS) is 11.0. The zero-order chi connectivity index (χ0) is 11.5. The first kappa shape index (κ1) is 12.2. The minimum Gasteiger partial charge on any atom is -0.200 e. The van der Waals surface area contributed by atoms with Gasteiger partial charge in [-0.3, -0.25) is 0 Å². The van der Waals surface area contributed by atoms with Crippen molar-refractivity contribution in [1.82, 2.24) is 4.37 Å². The third kappa shape index (κ3) is 2.57. The molecule has 1 heterocycles. The molecule has 0 atom stereocenters. The first-order valence-corrected chi connectivity index (χ1v) is 6.20. The average molecular weight is 221 g/mol.